The molecule has 4 rings (SSSR count). The van der Waals surface area contributed by atoms with Crippen molar-refractivity contribution in [2.45, 2.75) is 39.0 Å². The fourth-order valence-electron chi connectivity index (χ4n) is 3.77. The van der Waals surface area contributed by atoms with E-state index in [9.17, 15) is 4.79 Å². The van der Waals surface area contributed by atoms with Gasteiger partial charge in [-0.05, 0) is 44.4 Å². The fourth-order valence-corrected chi connectivity index (χ4v) is 4.66. The van der Waals surface area contributed by atoms with E-state index in [1.807, 2.05) is 43.0 Å². The molecule has 1 amide bonds. The molecule has 1 fully saturated rings. The Morgan fingerprint density at radius 1 is 1.31 bits per heavy atom. The SMILES string of the molecule is COc1ccc(Cc2cnc([C@H]3CCCN(C(=O)c4sc(C)nc4C)C3)o2)cc1. The average molecular weight is 412 g/mol. The summed E-state index contributed by atoms with van der Waals surface area (Å²) >= 11 is 1.47. The molecular formula is C22H25N3O3S. The molecule has 0 N–H and O–H groups in total. The van der Waals surface area contributed by atoms with Crippen LogP contribution in [0.1, 0.15) is 56.3 Å². The Kier molecular flexibility index (Phi) is 5.67. The third-order valence-corrected chi connectivity index (χ3v) is 6.33. The molecule has 0 spiro atoms. The Morgan fingerprint density at radius 3 is 2.79 bits per heavy atom. The monoisotopic (exact) mass is 411 g/mol. The highest BCUT2D eigenvalue weighted by atomic mass is 32.1. The van der Waals surface area contributed by atoms with Crippen molar-refractivity contribution in [3.8, 4) is 5.75 Å². The van der Waals surface area contributed by atoms with Gasteiger partial charge in [0.1, 0.15) is 16.4 Å². The summed E-state index contributed by atoms with van der Waals surface area (Å²) < 4.78 is 11.3. The number of hydrogen-bond acceptors (Lipinski definition) is 6. The van der Waals surface area contributed by atoms with Crippen molar-refractivity contribution in [1.82, 2.24) is 14.9 Å². The van der Waals surface area contributed by atoms with Crippen LogP contribution in [0.4, 0.5) is 0 Å². The molecular weight excluding hydrogens is 386 g/mol. The van der Waals surface area contributed by atoms with Gasteiger partial charge in [-0.2, -0.15) is 0 Å². The number of piperidine rings is 1. The van der Waals surface area contributed by atoms with E-state index in [4.69, 9.17) is 9.15 Å². The van der Waals surface area contributed by atoms with Gasteiger partial charge in [0.15, 0.2) is 5.89 Å². The maximum absolute atomic E-state index is 12.9. The Bertz CT molecular complexity index is 993. The molecule has 0 saturated carbocycles. The van der Waals surface area contributed by atoms with Crippen LogP contribution in [0, 0.1) is 13.8 Å². The van der Waals surface area contributed by atoms with Crippen LogP contribution in [-0.2, 0) is 6.42 Å². The van der Waals surface area contributed by atoms with Gasteiger partial charge in [0.2, 0.25) is 0 Å². The van der Waals surface area contributed by atoms with Crippen molar-refractivity contribution in [2.24, 2.45) is 0 Å². The molecule has 3 heterocycles. The van der Waals surface area contributed by atoms with Crippen LogP contribution in [0.2, 0.25) is 0 Å². The van der Waals surface area contributed by atoms with Crippen LogP contribution in [0.15, 0.2) is 34.9 Å². The number of rotatable bonds is 5. The summed E-state index contributed by atoms with van der Waals surface area (Å²) in [6.07, 6.45) is 4.42. The third kappa shape index (κ3) is 4.34. The number of carbonyl (C=O) groups excluding carboxylic acids is 1. The maximum atomic E-state index is 12.9. The van der Waals surface area contributed by atoms with Crippen LogP contribution in [0.5, 0.6) is 5.75 Å². The first kappa shape index (κ1) is 19.6. The van der Waals surface area contributed by atoms with E-state index in [2.05, 4.69) is 9.97 Å². The van der Waals surface area contributed by atoms with Crippen LogP contribution in [0.25, 0.3) is 0 Å². The van der Waals surface area contributed by atoms with E-state index in [0.717, 1.165) is 57.9 Å². The average Bonchev–Trinajstić information content (AvgIpc) is 3.34. The molecule has 0 radical (unpaired) electrons. The van der Waals surface area contributed by atoms with Crippen molar-refractivity contribution in [3.63, 3.8) is 0 Å². The topological polar surface area (TPSA) is 68.5 Å². The molecule has 1 aliphatic rings. The molecule has 0 unspecified atom stereocenters. The number of nitrogens with zero attached hydrogens (tertiary/aromatic N) is 3. The smallest absolute Gasteiger partial charge is 0.265 e. The van der Waals surface area contributed by atoms with Crippen LogP contribution in [0.3, 0.4) is 0 Å². The van der Waals surface area contributed by atoms with E-state index in [1.54, 1.807) is 13.3 Å². The highest BCUT2D eigenvalue weighted by molar-refractivity contribution is 7.13. The number of methoxy groups -OCH3 is 1. The summed E-state index contributed by atoms with van der Waals surface area (Å²) in [7, 11) is 1.66. The molecule has 7 heteroatoms. The van der Waals surface area contributed by atoms with E-state index in [1.165, 1.54) is 11.3 Å². The van der Waals surface area contributed by atoms with E-state index >= 15 is 0 Å². The van der Waals surface area contributed by atoms with Gasteiger partial charge < -0.3 is 14.1 Å². The molecule has 152 valence electrons. The minimum Gasteiger partial charge on any atom is -0.497 e. The number of benzene rings is 1. The van der Waals surface area contributed by atoms with Crippen LogP contribution in [-0.4, -0.2) is 41.0 Å². The predicted octanol–water partition coefficient (Wildman–Crippen LogP) is 4.37. The first-order valence-corrected chi connectivity index (χ1v) is 10.7. The predicted molar refractivity (Wildman–Crippen MR) is 112 cm³/mol. The number of carbonyl (C=O) groups is 1. The van der Waals surface area contributed by atoms with Gasteiger partial charge in [-0.15, -0.1) is 11.3 Å². The number of aryl methyl sites for hydroxylation is 2. The van der Waals surface area contributed by atoms with Gasteiger partial charge in [0.25, 0.3) is 5.91 Å². The lowest BCUT2D eigenvalue weighted by Crippen LogP contribution is -2.39. The first-order valence-electron chi connectivity index (χ1n) is 9.84. The number of thiazole rings is 1. The second kappa shape index (κ2) is 8.37. The fraction of sp³-hybridized carbons (Fsp3) is 0.409. The first-order chi connectivity index (χ1) is 14.0. The van der Waals surface area contributed by atoms with E-state index < -0.39 is 0 Å². The summed E-state index contributed by atoms with van der Waals surface area (Å²) in [5, 5.41) is 0.926. The number of ether oxygens (including phenoxy) is 1. The summed E-state index contributed by atoms with van der Waals surface area (Å²) in [6, 6.07) is 7.95. The van der Waals surface area contributed by atoms with Gasteiger partial charge >= 0.3 is 0 Å². The van der Waals surface area contributed by atoms with Crippen molar-refractivity contribution in [1.29, 1.82) is 0 Å². The normalized spacial score (nSPS) is 16.8. The summed E-state index contributed by atoms with van der Waals surface area (Å²) in [5.41, 5.74) is 1.96. The lowest BCUT2D eigenvalue weighted by molar-refractivity contribution is 0.0702. The zero-order valence-corrected chi connectivity index (χ0v) is 17.8. The molecule has 6 nitrogen and oxygen atoms in total. The number of aromatic nitrogens is 2. The highest BCUT2D eigenvalue weighted by Gasteiger charge is 2.30. The molecule has 1 aliphatic heterocycles. The molecule has 2 aromatic heterocycles. The van der Waals surface area contributed by atoms with Gasteiger partial charge in [-0.1, -0.05) is 12.1 Å². The Hall–Kier alpha value is -2.67. The van der Waals surface area contributed by atoms with E-state index in [-0.39, 0.29) is 11.8 Å². The second-order valence-electron chi connectivity index (χ2n) is 7.43. The molecule has 3 aromatic rings. The molecule has 1 aromatic carbocycles. The standard InChI is InChI=1S/C22H25N3O3S/c1-14-20(29-15(2)24-14)22(26)25-10-4-5-17(13-25)21-23-12-19(28-21)11-16-6-8-18(27-3)9-7-16/h6-9,12,17H,4-5,10-11,13H2,1-3H3/t17-/m0/s1. The lowest BCUT2D eigenvalue weighted by atomic mass is 9.98. The van der Waals surface area contributed by atoms with Crippen LogP contribution >= 0.6 is 11.3 Å². The Labute approximate surface area is 174 Å². The van der Waals surface area contributed by atoms with Crippen LogP contribution < -0.4 is 4.74 Å². The largest absolute Gasteiger partial charge is 0.497 e. The number of hydrogen-bond donors (Lipinski definition) is 0. The minimum absolute atomic E-state index is 0.0720. The summed E-state index contributed by atoms with van der Waals surface area (Å²) in [6.45, 7) is 5.24. The van der Waals surface area contributed by atoms with Gasteiger partial charge in [-0.25, -0.2) is 9.97 Å². The van der Waals surface area contributed by atoms with E-state index in [0.29, 0.717) is 13.0 Å². The number of likely N-dealkylation sites (tertiary alicyclic amines) is 1. The van der Waals surface area contributed by atoms with Crippen molar-refractivity contribution >= 4 is 17.2 Å². The Balaban J connectivity index is 1.43. The van der Waals surface area contributed by atoms with Gasteiger partial charge in [-0.3, -0.25) is 4.79 Å². The molecule has 0 aliphatic carbocycles. The van der Waals surface area contributed by atoms with Crippen molar-refractivity contribution in [2.75, 3.05) is 20.2 Å². The Morgan fingerprint density at radius 2 is 2.10 bits per heavy atom. The summed E-state index contributed by atoms with van der Waals surface area (Å²) in [5.74, 6) is 2.60. The van der Waals surface area contributed by atoms with Crippen molar-refractivity contribution < 1.29 is 13.9 Å². The number of oxazole rings is 1. The van der Waals surface area contributed by atoms with Crippen molar-refractivity contribution in [3.05, 3.63) is 63.3 Å². The molecule has 1 saturated heterocycles. The van der Waals surface area contributed by atoms with Gasteiger partial charge in [0, 0.05) is 19.5 Å². The minimum atomic E-state index is 0.0720. The highest BCUT2D eigenvalue weighted by Crippen LogP contribution is 2.29. The van der Waals surface area contributed by atoms with Gasteiger partial charge in [0.05, 0.1) is 29.9 Å². The summed E-state index contributed by atoms with van der Waals surface area (Å²) in [4.78, 5) is 24.5. The zero-order chi connectivity index (χ0) is 20.4. The molecule has 0 bridgehead atoms. The third-order valence-electron chi connectivity index (χ3n) is 5.26. The second-order valence-corrected chi connectivity index (χ2v) is 8.63. The maximum Gasteiger partial charge on any atom is 0.265 e. The molecule has 1 atom stereocenters. The lowest BCUT2D eigenvalue weighted by Gasteiger charge is -2.31. The zero-order valence-electron chi connectivity index (χ0n) is 17.0. The molecule has 29 heavy (non-hydrogen) atoms. The number of amides is 1. The quantitative estimate of drug-likeness (QED) is 0.624.